The molecule has 6 heteroatoms. The van der Waals surface area contributed by atoms with Gasteiger partial charge in [-0.25, -0.2) is 0 Å². The minimum Gasteiger partial charge on any atom is -0.461 e. The molecule has 0 unspecified atom stereocenters. The van der Waals surface area contributed by atoms with Crippen LogP contribution in [0.5, 0.6) is 0 Å². The predicted molar refractivity (Wildman–Crippen MR) is 97.8 cm³/mol. The maximum atomic E-state index is 12.2. The van der Waals surface area contributed by atoms with Crippen LogP contribution >= 0.6 is 0 Å². The fraction of sp³-hybridized carbons (Fsp3) is 0.947. The van der Waals surface area contributed by atoms with Gasteiger partial charge in [-0.2, -0.15) is 0 Å². The normalized spacial score (nSPS) is 36.0. The van der Waals surface area contributed by atoms with Crippen molar-refractivity contribution in [3.05, 3.63) is 0 Å². The van der Waals surface area contributed by atoms with Crippen LogP contribution in [-0.2, 0) is 23.4 Å². The van der Waals surface area contributed by atoms with Gasteiger partial charge in [0.1, 0.15) is 6.10 Å². The highest BCUT2D eigenvalue weighted by molar-refractivity contribution is 6.74. The van der Waals surface area contributed by atoms with Gasteiger partial charge in [-0.05, 0) is 31.0 Å². The Morgan fingerprint density at radius 2 is 1.80 bits per heavy atom. The van der Waals surface area contributed by atoms with Crippen molar-refractivity contribution in [2.24, 2.45) is 5.41 Å². The molecule has 2 aliphatic heterocycles. The molecule has 3 atom stereocenters. The lowest BCUT2D eigenvalue weighted by atomic mass is 9.67. The molecule has 1 aliphatic carbocycles. The van der Waals surface area contributed by atoms with Crippen molar-refractivity contribution in [2.45, 2.75) is 95.9 Å². The van der Waals surface area contributed by atoms with E-state index in [0.717, 1.165) is 19.3 Å². The minimum atomic E-state index is -1.93. The number of carbonyl (C=O) groups excluding carboxylic acids is 1. The van der Waals surface area contributed by atoms with E-state index >= 15 is 0 Å². The van der Waals surface area contributed by atoms with E-state index in [2.05, 4.69) is 40.8 Å². The average molecular weight is 371 g/mol. The second-order valence-electron chi connectivity index (χ2n) is 9.70. The van der Waals surface area contributed by atoms with Crippen LogP contribution in [0.1, 0.15) is 59.8 Å². The molecule has 5 nitrogen and oxygen atoms in total. The zero-order valence-corrected chi connectivity index (χ0v) is 17.6. The van der Waals surface area contributed by atoms with Crippen molar-refractivity contribution in [3.8, 4) is 0 Å². The number of esters is 1. The maximum absolute atomic E-state index is 12.2. The number of ether oxygens (including phenoxy) is 3. The number of fused-ring (bicyclic) bond motifs is 1. The van der Waals surface area contributed by atoms with Crippen molar-refractivity contribution in [2.75, 3.05) is 13.2 Å². The quantitative estimate of drug-likeness (QED) is 0.543. The molecule has 0 aromatic rings. The van der Waals surface area contributed by atoms with Crippen molar-refractivity contribution < 1.29 is 23.4 Å². The summed E-state index contributed by atoms with van der Waals surface area (Å²) in [4.78, 5) is 12.2. The third-order valence-electron chi connectivity index (χ3n) is 6.95. The van der Waals surface area contributed by atoms with Crippen LogP contribution in [0.25, 0.3) is 0 Å². The van der Waals surface area contributed by atoms with E-state index in [4.69, 9.17) is 18.6 Å². The molecular weight excluding hydrogens is 336 g/mol. The molecule has 1 saturated carbocycles. The summed E-state index contributed by atoms with van der Waals surface area (Å²) in [6, 6.07) is 0. The Morgan fingerprint density at radius 3 is 2.40 bits per heavy atom. The molecule has 2 saturated heterocycles. The molecule has 0 bridgehead atoms. The van der Waals surface area contributed by atoms with Crippen LogP contribution in [0.3, 0.4) is 0 Å². The molecule has 3 aliphatic rings. The Hall–Kier alpha value is -0.433. The Balaban J connectivity index is 1.85. The van der Waals surface area contributed by atoms with E-state index in [1.54, 1.807) is 0 Å². The van der Waals surface area contributed by atoms with Crippen LogP contribution in [0.15, 0.2) is 0 Å². The minimum absolute atomic E-state index is 0.0450. The summed E-state index contributed by atoms with van der Waals surface area (Å²) in [6.45, 7) is 14.8. The van der Waals surface area contributed by atoms with Crippen molar-refractivity contribution in [1.29, 1.82) is 0 Å². The molecule has 2 heterocycles. The maximum Gasteiger partial charge on any atom is 0.306 e. The first kappa shape index (κ1) is 19.3. The second kappa shape index (κ2) is 6.32. The van der Waals surface area contributed by atoms with E-state index in [9.17, 15) is 4.79 Å². The first-order valence-corrected chi connectivity index (χ1v) is 12.5. The second-order valence-corrected chi connectivity index (χ2v) is 14.5. The highest BCUT2D eigenvalue weighted by atomic mass is 28.4. The molecule has 0 radical (unpaired) electrons. The molecular formula is C19H34O5Si. The van der Waals surface area contributed by atoms with Gasteiger partial charge in [-0.1, -0.05) is 27.7 Å². The lowest BCUT2D eigenvalue weighted by molar-refractivity contribution is -0.232. The summed E-state index contributed by atoms with van der Waals surface area (Å²) in [5.41, 5.74) is -0.178. The fourth-order valence-electron chi connectivity index (χ4n) is 4.06. The summed E-state index contributed by atoms with van der Waals surface area (Å²) in [5, 5.41) is 0.142. The first-order chi connectivity index (χ1) is 11.5. The van der Waals surface area contributed by atoms with Crippen LogP contribution in [0.2, 0.25) is 18.1 Å². The van der Waals surface area contributed by atoms with Gasteiger partial charge in [0.05, 0.1) is 19.3 Å². The van der Waals surface area contributed by atoms with E-state index in [1.807, 2.05) is 0 Å². The molecule has 144 valence electrons. The fourth-order valence-corrected chi connectivity index (χ4v) is 5.52. The molecule has 25 heavy (non-hydrogen) atoms. The van der Waals surface area contributed by atoms with Crippen LogP contribution in [0.4, 0.5) is 0 Å². The average Bonchev–Trinajstić information content (AvgIpc) is 2.90. The van der Waals surface area contributed by atoms with Crippen molar-refractivity contribution in [1.82, 2.24) is 0 Å². The number of rotatable bonds is 2. The van der Waals surface area contributed by atoms with Gasteiger partial charge in [-0.3, -0.25) is 4.79 Å². The third kappa shape index (κ3) is 3.55. The third-order valence-corrected chi connectivity index (χ3v) is 11.4. The SMILES string of the molecule is CC(C)(C)[Si](C)(C)O[C@H]1CCC(=O)O[C@H]2CC3(CC[C@@]21C)OCCO3. The topological polar surface area (TPSA) is 54.0 Å². The zero-order valence-electron chi connectivity index (χ0n) is 16.6. The highest BCUT2D eigenvalue weighted by Crippen LogP contribution is 2.52. The first-order valence-electron chi connectivity index (χ1n) is 9.63. The molecule has 0 aromatic heterocycles. The smallest absolute Gasteiger partial charge is 0.306 e. The summed E-state index contributed by atoms with van der Waals surface area (Å²) in [5.74, 6) is -0.677. The van der Waals surface area contributed by atoms with Gasteiger partial charge in [0.15, 0.2) is 14.1 Å². The molecule has 3 fully saturated rings. The number of carbonyl (C=O) groups is 1. The van der Waals surface area contributed by atoms with Crippen LogP contribution in [0, 0.1) is 5.41 Å². The monoisotopic (exact) mass is 370 g/mol. The number of hydrogen-bond donors (Lipinski definition) is 0. The standard InChI is InChI=1S/C19H34O5Si/c1-17(2,3)25(5,6)24-14-7-8-16(20)23-15-13-19(21-11-12-22-19)10-9-18(14,15)4/h14-15H,7-13H2,1-6H3/t14-,15-,18+/m0/s1. The van der Waals surface area contributed by atoms with Crippen molar-refractivity contribution >= 4 is 14.3 Å². The molecule has 0 amide bonds. The van der Waals surface area contributed by atoms with E-state index in [-0.39, 0.29) is 28.6 Å². The summed E-state index contributed by atoms with van der Waals surface area (Å²) < 4.78 is 24.5. The lowest BCUT2D eigenvalue weighted by Crippen LogP contribution is -2.56. The summed E-state index contributed by atoms with van der Waals surface area (Å²) >= 11 is 0. The van der Waals surface area contributed by atoms with Gasteiger partial charge in [0.25, 0.3) is 0 Å². The van der Waals surface area contributed by atoms with Gasteiger partial charge in [-0.15, -0.1) is 0 Å². The Kier molecular flexibility index (Phi) is 4.89. The van der Waals surface area contributed by atoms with Crippen molar-refractivity contribution in [3.63, 3.8) is 0 Å². The predicted octanol–water partition coefficient (Wildman–Crippen LogP) is 4.02. The van der Waals surface area contributed by atoms with Crippen LogP contribution in [-0.4, -0.2) is 45.5 Å². The molecule has 0 N–H and O–H groups in total. The largest absolute Gasteiger partial charge is 0.461 e. The van der Waals surface area contributed by atoms with Gasteiger partial charge in [0.2, 0.25) is 0 Å². The van der Waals surface area contributed by atoms with Crippen LogP contribution < -0.4 is 0 Å². The van der Waals surface area contributed by atoms with Gasteiger partial charge >= 0.3 is 5.97 Å². The Bertz CT molecular complexity index is 520. The summed E-state index contributed by atoms with van der Waals surface area (Å²) in [6.07, 6.45) is 3.37. The van der Waals surface area contributed by atoms with Gasteiger partial charge in [0, 0.05) is 24.7 Å². The van der Waals surface area contributed by atoms with E-state index in [1.165, 1.54) is 0 Å². The van der Waals surface area contributed by atoms with E-state index < -0.39 is 14.1 Å². The van der Waals surface area contributed by atoms with Gasteiger partial charge < -0.3 is 18.6 Å². The molecule has 3 rings (SSSR count). The number of hydrogen-bond acceptors (Lipinski definition) is 5. The Labute approximate surface area is 152 Å². The van der Waals surface area contributed by atoms with E-state index in [0.29, 0.717) is 26.1 Å². The zero-order chi connectivity index (χ0) is 18.5. The Morgan fingerprint density at radius 1 is 1.16 bits per heavy atom. The molecule has 1 spiro atoms. The summed E-state index contributed by atoms with van der Waals surface area (Å²) in [7, 11) is -1.93. The highest BCUT2D eigenvalue weighted by Gasteiger charge is 2.57. The lowest BCUT2D eigenvalue weighted by Gasteiger charge is -2.51. The molecule has 0 aromatic carbocycles.